The molecule has 1 saturated heterocycles. The van der Waals surface area contributed by atoms with Crippen LogP contribution in [0.15, 0.2) is 30.3 Å². The highest BCUT2D eigenvalue weighted by Crippen LogP contribution is 2.31. The number of imidazole rings is 1. The topological polar surface area (TPSA) is 92.4 Å². The molecule has 35 heavy (non-hydrogen) atoms. The molecule has 1 saturated carbocycles. The van der Waals surface area contributed by atoms with Crippen molar-refractivity contribution in [3.8, 4) is 17.3 Å². The zero-order chi connectivity index (χ0) is 24.4. The molecule has 0 unspecified atom stereocenters. The number of ether oxygens (including phenoxy) is 2. The molecule has 0 atom stereocenters. The first-order chi connectivity index (χ1) is 17.0. The summed E-state index contributed by atoms with van der Waals surface area (Å²) in [6.45, 7) is 7.13. The molecule has 0 radical (unpaired) electrons. The van der Waals surface area contributed by atoms with E-state index in [9.17, 15) is 4.79 Å². The van der Waals surface area contributed by atoms with E-state index in [-0.39, 0.29) is 24.0 Å². The lowest BCUT2D eigenvalue weighted by molar-refractivity contribution is -0.125. The summed E-state index contributed by atoms with van der Waals surface area (Å²) in [5, 5.41) is 3.69. The van der Waals surface area contributed by atoms with E-state index in [1.807, 2.05) is 32.0 Å². The Bertz CT molecular complexity index is 1170. The number of fused-ring (bicyclic) bond motifs is 1. The smallest absolute Gasteiger partial charge is 0.296 e. The first-order valence-corrected chi connectivity index (χ1v) is 12.8. The van der Waals surface area contributed by atoms with Crippen LogP contribution in [0.4, 0.5) is 5.69 Å². The number of pyridine rings is 1. The van der Waals surface area contributed by atoms with Crippen LogP contribution >= 0.6 is 11.6 Å². The number of aromatic amines is 1. The molecule has 2 N–H and O–H groups in total. The van der Waals surface area contributed by atoms with Crippen LogP contribution in [-0.2, 0) is 9.53 Å². The number of rotatable bonds is 6. The van der Waals surface area contributed by atoms with Gasteiger partial charge in [0.1, 0.15) is 6.10 Å². The van der Waals surface area contributed by atoms with Gasteiger partial charge in [0.25, 0.3) is 6.01 Å². The summed E-state index contributed by atoms with van der Waals surface area (Å²) in [6, 6.07) is 10.8. The number of hydrogen-bond acceptors (Lipinski definition) is 6. The maximum Gasteiger partial charge on any atom is 0.296 e. The summed E-state index contributed by atoms with van der Waals surface area (Å²) in [7, 11) is 0. The molecule has 8 nitrogen and oxygen atoms in total. The lowest BCUT2D eigenvalue weighted by atomic mass is 9.92. The molecule has 0 bridgehead atoms. The van der Waals surface area contributed by atoms with Crippen LogP contribution in [-0.4, -0.2) is 59.3 Å². The molecule has 2 aromatic heterocycles. The van der Waals surface area contributed by atoms with Crippen LogP contribution in [0.2, 0.25) is 5.02 Å². The van der Waals surface area contributed by atoms with Gasteiger partial charge in [-0.2, -0.15) is 4.98 Å². The van der Waals surface area contributed by atoms with Gasteiger partial charge in [-0.25, -0.2) is 4.98 Å². The molecule has 3 heterocycles. The molecular weight excluding hydrogens is 466 g/mol. The third-order valence-corrected chi connectivity index (χ3v) is 7.03. The van der Waals surface area contributed by atoms with Gasteiger partial charge in [0.2, 0.25) is 5.91 Å². The van der Waals surface area contributed by atoms with Crippen molar-refractivity contribution in [2.24, 2.45) is 5.92 Å². The van der Waals surface area contributed by atoms with Gasteiger partial charge in [-0.3, -0.25) is 4.79 Å². The Kier molecular flexibility index (Phi) is 7.11. The second-order valence-corrected chi connectivity index (χ2v) is 10.0. The number of amides is 1. The molecule has 2 aliphatic rings. The molecule has 1 aliphatic carbocycles. The Hall–Kier alpha value is -2.84. The predicted molar refractivity (Wildman–Crippen MR) is 137 cm³/mol. The maximum absolute atomic E-state index is 11.9. The summed E-state index contributed by atoms with van der Waals surface area (Å²) in [5.41, 5.74) is 4.14. The highest BCUT2D eigenvalue weighted by atomic mass is 35.5. The summed E-state index contributed by atoms with van der Waals surface area (Å²) >= 11 is 6.59. The van der Waals surface area contributed by atoms with Crippen molar-refractivity contribution >= 4 is 34.4 Å². The summed E-state index contributed by atoms with van der Waals surface area (Å²) in [5.74, 6) is 0.118. The highest BCUT2D eigenvalue weighted by molar-refractivity contribution is 6.33. The van der Waals surface area contributed by atoms with Crippen LogP contribution in [0.5, 0.6) is 6.01 Å². The molecule has 9 heteroatoms. The Morgan fingerprint density at radius 2 is 1.86 bits per heavy atom. The van der Waals surface area contributed by atoms with Gasteiger partial charge < -0.3 is 24.7 Å². The van der Waals surface area contributed by atoms with E-state index in [0.717, 1.165) is 63.1 Å². The number of H-pyrrole nitrogens is 1. The second kappa shape index (κ2) is 10.4. The van der Waals surface area contributed by atoms with Gasteiger partial charge in [-0.15, -0.1) is 0 Å². The van der Waals surface area contributed by atoms with Crippen molar-refractivity contribution in [1.29, 1.82) is 0 Å². The highest BCUT2D eigenvalue weighted by Gasteiger charge is 2.25. The maximum atomic E-state index is 11.9. The van der Waals surface area contributed by atoms with Gasteiger partial charge in [-0.05, 0) is 43.9 Å². The second-order valence-electron chi connectivity index (χ2n) is 9.63. The van der Waals surface area contributed by atoms with E-state index in [4.69, 9.17) is 26.1 Å². The average Bonchev–Trinajstić information content (AvgIpc) is 3.26. The van der Waals surface area contributed by atoms with Crippen molar-refractivity contribution in [3.63, 3.8) is 0 Å². The molecular formula is C26H32ClN5O3. The molecule has 1 aliphatic heterocycles. The lowest BCUT2D eigenvalue weighted by Crippen LogP contribution is -2.41. The molecule has 1 aromatic carbocycles. The van der Waals surface area contributed by atoms with Crippen LogP contribution in [0.1, 0.15) is 39.5 Å². The van der Waals surface area contributed by atoms with Gasteiger partial charge >= 0.3 is 0 Å². The predicted octanol–water partition coefficient (Wildman–Crippen LogP) is 4.58. The van der Waals surface area contributed by atoms with E-state index in [1.165, 1.54) is 5.69 Å². The average molecular weight is 498 g/mol. The Labute approximate surface area is 210 Å². The quantitative estimate of drug-likeness (QED) is 0.518. The minimum atomic E-state index is 0.00597. The number of aromatic nitrogens is 3. The van der Waals surface area contributed by atoms with Crippen LogP contribution in [0.3, 0.4) is 0 Å². The number of benzene rings is 1. The third kappa shape index (κ3) is 5.54. The van der Waals surface area contributed by atoms with Crippen molar-refractivity contribution in [3.05, 3.63) is 35.4 Å². The Balaban J connectivity index is 1.25. The first kappa shape index (κ1) is 23.9. The van der Waals surface area contributed by atoms with E-state index < -0.39 is 0 Å². The van der Waals surface area contributed by atoms with E-state index in [0.29, 0.717) is 22.4 Å². The van der Waals surface area contributed by atoms with Gasteiger partial charge in [0.15, 0.2) is 5.65 Å². The molecule has 1 amide bonds. The number of carbonyl (C=O) groups excluding carboxylic acids is 1. The number of anilines is 1. The van der Waals surface area contributed by atoms with Crippen molar-refractivity contribution in [2.45, 2.75) is 51.7 Å². The van der Waals surface area contributed by atoms with Gasteiger partial charge in [-0.1, -0.05) is 37.6 Å². The molecule has 0 spiro atoms. The minimum absolute atomic E-state index is 0.00597. The van der Waals surface area contributed by atoms with Crippen LogP contribution < -0.4 is 15.0 Å². The zero-order valence-corrected chi connectivity index (χ0v) is 21.0. The number of nitrogens with zero attached hydrogens (tertiary/aromatic N) is 3. The van der Waals surface area contributed by atoms with Crippen molar-refractivity contribution in [1.82, 2.24) is 20.3 Å². The largest absolute Gasteiger partial charge is 0.461 e. The van der Waals surface area contributed by atoms with Crippen LogP contribution in [0, 0.1) is 5.92 Å². The summed E-state index contributed by atoms with van der Waals surface area (Å²) in [6.07, 6.45) is 3.60. The summed E-state index contributed by atoms with van der Waals surface area (Å²) < 4.78 is 11.6. The number of carbonyl (C=O) groups is 1. The normalized spacial score (nSPS) is 20.9. The zero-order valence-electron chi connectivity index (χ0n) is 20.2. The standard InChI is InChI=1S/C26H32ClN5O3/c1-16(2)25(33)28-18-5-9-20(10-6-18)35-26-29-22-15-21(27)23(30-24(22)31-26)17-3-7-19(8-4-17)32-11-13-34-14-12-32/h3-4,7-8,15-16,18,20H,5-6,9-14H2,1-2H3,(H,28,33)(H,29,30,31)/t18-,20-. The fourth-order valence-electron chi connectivity index (χ4n) is 4.66. The first-order valence-electron chi connectivity index (χ1n) is 12.4. The van der Waals surface area contributed by atoms with E-state index >= 15 is 0 Å². The third-order valence-electron chi connectivity index (χ3n) is 6.75. The van der Waals surface area contributed by atoms with Crippen molar-refractivity contribution in [2.75, 3.05) is 31.2 Å². The molecule has 186 valence electrons. The number of morpholine rings is 1. The Morgan fingerprint density at radius 3 is 2.54 bits per heavy atom. The number of halogens is 1. The minimum Gasteiger partial charge on any atom is -0.461 e. The van der Waals surface area contributed by atoms with Gasteiger partial charge in [0, 0.05) is 36.3 Å². The number of nitrogens with one attached hydrogen (secondary N) is 2. The van der Waals surface area contributed by atoms with E-state index in [2.05, 4.69) is 32.3 Å². The Morgan fingerprint density at radius 1 is 1.14 bits per heavy atom. The fraction of sp³-hybridized carbons (Fsp3) is 0.500. The fourth-order valence-corrected chi connectivity index (χ4v) is 4.92. The lowest BCUT2D eigenvalue weighted by Gasteiger charge is -2.29. The van der Waals surface area contributed by atoms with Crippen LogP contribution in [0.25, 0.3) is 22.4 Å². The summed E-state index contributed by atoms with van der Waals surface area (Å²) in [4.78, 5) is 26.8. The SMILES string of the molecule is CC(C)C(=O)N[C@H]1CC[C@H](Oc2nc3nc(-c4ccc(N5CCOCC5)cc4)c(Cl)cc3[nH]2)CC1. The van der Waals surface area contributed by atoms with E-state index in [1.54, 1.807) is 0 Å². The molecule has 5 rings (SSSR count). The van der Waals surface area contributed by atoms with Gasteiger partial charge in [0.05, 0.1) is 29.4 Å². The number of hydrogen-bond donors (Lipinski definition) is 2. The molecule has 2 fully saturated rings. The van der Waals surface area contributed by atoms with Crippen molar-refractivity contribution < 1.29 is 14.3 Å². The molecule has 3 aromatic rings. The monoisotopic (exact) mass is 497 g/mol.